The molecule has 0 spiro atoms. The van der Waals surface area contributed by atoms with E-state index in [9.17, 15) is 4.79 Å². The van der Waals surface area contributed by atoms with Gasteiger partial charge in [-0.05, 0) is 41.3 Å². The second kappa shape index (κ2) is 13.4. The minimum absolute atomic E-state index is 0. The molecule has 0 atom stereocenters. The summed E-state index contributed by atoms with van der Waals surface area (Å²) in [5.74, 6) is 0.883. The summed E-state index contributed by atoms with van der Waals surface area (Å²) in [4.78, 5) is 15.1. The van der Waals surface area contributed by atoms with E-state index >= 15 is 0 Å². The Bertz CT molecular complexity index is 990. The van der Waals surface area contributed by atoms with E-state index in [1.165, 1.54) is 11.1 Å². The molecule has 170 valence electrons. The quantitative estimate of drug-likeness (QED) is 0.205. The highest BCUT2D eigenvalue weighted by Gasteiger charge is 2.05. The largest absolute Gasteiger partial charge is 0.484 e. The van der Waals surface area contributed by atoms with Gasteiger partial charge in [0.2, 0.25) is 0 Å². The van der Waals surface area contributed by atoms with Gasteiger partial charge < -0.3 is 21.1 Å². The topological polar surface area (TPSA) is 107 Å². The Labute approximate surface area is 205 Å². The molecule has 0 radical (unpaired) electrons. The minimum atomic E-state index is -0.490. The molecule has 0 aliphatic carbocycles. The Hall–Kier alpha value is -3.08. The number of amides is 1. The van der Waals surface area contributed by atoms with Crippen molar-refractivity contribution in [2.24, 2.45) is 10.7 Å². The molecule has 1 aromatic heterocycles. The summed E-state index contributed by atoms with van der Waals surface area (Å²) >= 11 is 0. The lowest BCUT2D eigenvalue weighted by Gasteiger charge is -2.14. The van der Waals surface area contributed by atoms with Gasteiger partial charge in [0.05, 0.1) is 6.54 Å². The zero-order valence-corrected chi connectivity index (χ0v) is 20.4. The predicted molar refractivity (Wildman–Crippen MR) is 136 cm³/mol. The summed E-state index contributed by atoms with van der Waals surface area (Å²) in [7, 11) is 1.76. The van der Waals surface area contributed by atoms with E-state index in [1.54, 1.807) is 13.2 Å². The van der Waals surface area contributed by atoms with Gasteiger partial charge >= 0.3 is 0 Å². The van der Waals surface area contributed by atoms with Gasteiger partial charge in [0, 0.05) is 32.5 Å². The zero-order chi connectivity index (χ0) is 21.9. The molecule has 3 rings (SSSR count). The molecule has 1 amide bonds. The van der Waals surface area contributed by atoms with Crippen LogP contribution in [0.3, 0.4) is 0 Å². The predicted octanol–water partition coefficient (Wildman–Crippen LogP) is 2.32. The molecule has 0 saturated carbocycles. The van der Waals surface area contributed by atoms with Crippen molar-refractivity contribution in [1.29, 1.82) is 0 Å². The van der Waals surface area contributed by atoms with E-state index in [0.717, 1.165) is 31.0 Å². The lowest BCUT2D eigenvalue weighted by Crippen LogP contribution is -2.38. The van der Waals surface area contributed by atoms with Crippen molar-refractivity contribution in [2.45, 2.75) is 19.5 Å². The Morgan fingerprint density at radius 2 is 1.84 bits per heavy atom. The first kappa shape index (κ1) is 25.2. The van der Waals surface area contributed by atoms with Crippen molar-refractivity contribution in [1.82, 2.24) is 20.4 Å². The highest BCUT2D eigenvalue weighted by atomic mass is 127. The first-order chi connectivity index (χ1) is 15.1. The molecule has 32 heavy (non-hydrogen) atoms. The van der Waals surface area contributed by atoms with Crippen molar-refractivity contribution in [3.8, 4) is 5.75 Å². The number of halogens is 1. The number of primary amides is 1. The fraction of sp³-hybridized carbons (Fsp3) is 0.261. The van der Waals surface area contributed by atoms with Crippen molar-refractivity contribution in [3.63, 3.8) is 0 Å². The normalized spacial score (nSPS) is 10.8. The lowest BCUT2D eigenvalue weighted by atomic mass is 10.1. The smallest absolute Gasteiger partial charge is 0.255 e. The van der Waals surface area contributed by atoms with Crippen LogP contribution in [-0.4, -0.2) is 41.8 Å². The van der Waals surface area contributed by atoms with Crippen LogP contribution in [0.1, 0.15) is 16.7 Å². The number of guanidine groups is 1. The van der Waals surface area contributed by atoms with E-state index < -0.39 is 5.91 Å². The summed E-state index contributed by atoms with van der Waals surface area (Å²) in [6, 6.07) is 17.8. The first-order valence-electron chi connectivity index (χ1n) is 10.1. The average molecular weight is 548 g/mol. The number of aliphatic imine (C=N–C) groups is 1. The molecule has 0 fully saturated rings. The van der Waals surface area contributed by atoms with E-state index in [2.05, 4.69) is 32.9 Å². The monoisotopic (exact) mass is 548 g/mol. The fourth-order valence-corrected chi connectivity index (χ4v) is 3.08. The molecule has 0 aliphatic rings. The molecule has 3 aromatic rings. The minimum Gasteiger partial charge on any atom is -0.484 e. The third kappa shape index (κ3) is 8.22. The van der Waals surface area contributed by atoms with Crippen molar-refractivity contribution in [3.05, 3.63) is 83.7 Å². The molecule has 4 N–H and O–H groups in total. The number of hydrogen-bond donors (Lipinski definition) is 3. The zero-order valence-electron chi connectivity index (χ0n) is 18.0. The molecule has 8 nitrogen and oxygen atoms in total. The van der Waals surface area contributed by atoms with Gasteiger partial charge in [-0.2, -0.15) is 5.10 Å². The number of nitrogens with two attached hydrogens (primary N) is 1. The summed E-state index contributed by atoms with van der Waals surface area (Å²) in [6.45, 7) is 2.02. The highest BCUT2D eigenvalue weighted by molar-refractivity contribution is 14.0. The van der Waals surface area contributed by atoms with Gasteiger partial charge in [0.25, 0.3) is 5.91 Å². The number of ether oxygens (including phenoxy) is 1. The maximum atomic E-state index is 10.8. The van der Waals surface area contributed by atoms with Crippen LogP contribution in [0.2, 0.25) is 0 Å². The van der Waals surface area contributed by atoms with E-state index in [-0.39, 0.29) is 30.6 Å². The van der Waals surface area contributed by atoms with Crippen LogP contribution in [0.15, 0.2) is 72.0 Å². The van der Waals surface area contributed by atoms with Crippen LogP contribution in [0.25, 0.3) is 0 Å². The number of nitrogens with zero attached hydrogens (tertiary/aromatic N) is 3. The Balaban J connectivity index is 0.00000363. The van der Waals surface area contributed by atoms with Gasteiger partial charge in [-0.15, -0.1) is 24.0 Å². The molecular weight excluding hydrogens is 519 g/mol. The molecule has 0 aliphatic heterocycles. The van der Waals surface area contributed by atoms with Crippen LogP contribution in [0.5, 0.6) is 5.75 Å². The second-order valence-electron chi connectivity index (χ2n) is 6.97. The SMILES string of the molecule is CN=C(NCCc1ccc(OCC(N)=O)cc1)NCc1ccccc1Cn1cccn1.I. The van der Waals surface area contributed by atoms with Crippen LogP contribution in [-0.2, 0) is 24.3 Å². The number of hydrogen-bond acceptors (Lipinski definition) is 4. The molecule has 0 unspecified atom stereocenters. The number of nitrogens with one attached hydrogen (secondary N) is 2. The Kier molecular flexibility index (Phi) is 10.5. The summed E-state index contributed by atoms with van der Waals surface area (Å²) in [6.07, 6.45) is 4.57. The number of rotatable bonds is 10. The van der Waals surface area contributed by atoms with Gasteiger partial charge in [-0.25, -0.2) is 0 Å². The second-order valence-corrected chi connectivity index (χ2v) is 6.97. The van der Waals surface area contributed by atoms with Crippen LogP contribution in [0, 0.1) is 0 Å². The number of aromatic nitrogens is 2. The number of benzene rings is 2. The molecule has 0 bridgehead atoms. The van der Waals surface area contributed by atoms with Crippen LogP contribution >= 0.6 is 24.0 Å². The van der Waals surface area contributed by atoms with Crippen molar-refractivity contribution >= 4 is 35.8 Å². The van der Waals surface area contributed by atoms with Gasteiger partial charge in [-0.1, -0.05) is 36.4 Å². The maximum absolute atomic E-state index is 10.8. The van der Waals surface area contributed by atoms with Crippen molar-refractivity contribution in [2.75, 3.05) is 20.2 Å². The number of carbonyl (C=O) groups excluding carboxylic acids is 1. The number of carbonyl (C=O) groups is 1. The summed E-state index contributed by atoms with van der Waals surface area (Å²) < 4.78 is 7.19. The summed E-state index contributed by atoms with van der Waals surface area (Å²) in [5.41, 5.74) is 8.65. The van der Waals surface area contributed by atoms with Crippen LogP contribution in [0.4, 0.5) is 0 Å². The average Bonchev–Trinajstić information content (AvgIpc) is 3.29. The maximum Gasteiger partial charge on any atom is 0.255 e. The van der Waals surface area contributed by atoms with Crippen LogP contribution < -0.4 is 21.1 Å². The van der Waals surface area contributed by atoms with E-state index in [1.807, 2.05) is 53.3 Å². The fourth-order valence-electron chi connectivity index (χ4n) is 3.08. The summed E-state index contributed by atoms with van der Waals surface area (Å²) in [5, 5.41) is 11.0. The van der Waals surface area contributed by atoms with E-state index in [4.69, 9.17) is 10.5 Å². The third-order valence-corrected chi connectivity index (χ3v) is 4.69. The molecule has 9 heteroatoms. The Morgan fingerprint density at radius 3 is 2.50 bits per heavy atom. The van der Waals surface area contributed by atoms with Crippen molar-refractivity contribution < 1.29 is 9.53 Å². The van der Waals surface area contributed by atoms with Gasteiger partial charge in [0.1, 0.15) is 5.75 Å². The Morgan fingerprint density at radius 1 is 1.09 bits per heavy atom. The van der Waals surface area contributed by atoms with E-state index in [0.29, 0.717) is 12.3 Å². The molecular formula is C23H29IN6O2. The van der Waals surface area contributed by atoms with Gasteiger partial charge in [-0.3, -0.25) is 14.5 Å². The highest BCUT2D eigenvalue weighted by Crippen LogP contribution is 2.12. The molecule has 2 aromatic carbocycles. The van der Waals surface area contributed by atoms with Gasteiger partial charge in [0.15, 0.2) is 12.6 Å². The molecule has 0 saturated heterocycles. The third-order valence-electron chi connectivity index (χ3n) is 4.69. The molecule has 1 heterocycles. The lowest BCUT2D eigenvalue weighted by molar-refractivity contribution is -0.119. The first-order valence-corrected chi connectivity index (χ1v) is 10.1. The standard InChI is InChI=1S/C23H28N6O2.HI/c1-25-23(26-13-11-18-7-9-21(10-8-18)31-17-22(24)30)27-15-19-5-2-3-6-20(19)16-29-14-4-12-28-29;/h2-10,12,14H,11,13,15-17H2,1H3,(H2,24,30)(H2,25,26,27);1H.